The average Bonchev–Trinajstić information content (AvgIpc) is 2.74. The molecule has 1 saturated heterocycles. The summed E-state index contributed by atoms with van der Waals surface area (Å²) in [5, 5.41) is 0. The smallest absolute Gasteiger partial charge is 0.146 e. The molecule has 0 spiro atoms. The van der Waals surface area contributed by atoms with Crippen molar-refractivity contribution in [1.82, 2.24) is 4.90 Å². The zero-order valence-electron chi connectivity index (χ0n) is 11.0. The number of halogens is 2. The summed E-state index contributed by atoms with van der Waals surface area (Å²) < 4.78 is 13.9. The fourth-order valence-corrected chi connectivity index (χ4v) is 2.77. The fraction of sp³-hybridized carbons (Fsp3) is 0.571. The highest BCUT2D eigenvalue weighted by molar-refractivity contribution is 6.17. The van der Waals surface area contributed by atoms with Gasteiger partial charge in [-0.25, -0.2) is 4.39 Å². The van der Waals surface area contributed by atoms with E-state index in [0.29, 0.717) is 17.5 Å². The molecular weight excluding hydrogens is 251 g/mol. The molecule has 1 aliphatic rings. The monoisotopic (exact) mass is 270 g/mol. The summed E-state index contributed by atoms with van der Waals surface area (Å²) in [5.41, 5.74) is 1.49. The molecule has 0 saturated carbocycles. The number of hydrogen-bond donors (Lipinski definition) is 0. The lowest BCUT2D eigenvalue weighted by atomic mass is 10.1. The standard InChI is InChI=1S/C14H20ClFN2/c1-17-6-5-12(9-17)10-18(2)14-4-3-11(8-15)7-13(14)16/h3-4,7,12H,5-6,8-10H2,1-2H3. The van der Waals surface area contributed by atoms with Gasteiger partial charge in [0.2, 0.25) is 0 Å². The minimum Gasteiger partial charge on any atom is -0.372 e. The minimum absolute atomic E-state index is 0.179. The lowest BCUT2D eigenvalue weighted by Crippen LogP contribution is -2.27. The Balaban J connectivity index is 2.02. The number of likely N-dealkylation sites (tertiary alicyclic amines) is 1. The van der Waals surface area contributed by atoms with E-state index in [0.717, 1.165) is 25.2 Å². The molecule has 0 amide bonds. The second kappa shape index (κ2) is 5.89. The normalized spacial score (nSPS) is 20.3. The maximum atomic E-state index is 13.9. The highest BCUT2D eigenvalue weighted by Gasteiger charge is 2.21. The molecule has 4 heteroatoms. The molecular formula is C14H20ClFN2. The molecule has 1 heterocycles. The zero-order chi connectivity index (χ0) is 13.1. The van der Waals surface area contributed by atoms with Crippen molar-refractivity contribution >= 4 is 17.3 Å². The van der Waals surface area contributed by atoms with Crippen molar-refractivity contribution in [2.75, 3.05) is 38.6 Å². The Bertz CT molecular complexity index is 411. The SMILES string of the molecule is CN1CCC(CN(C)c2ccc(CCl)cc2F)C1. The van der Waals surface area contributed by atoms with Crippen LogP contribution in [0.15, 0.2) is 18.2 Å². The first-order valence-electron chi connectivity index (χ1n) is 6.34. The van der Waals surface area contributed by atoms with E-state index < -0.39 is 0 Å². The Morgan fingerprint density at radius 1 is 1.50 bits per heavy atom. The van der Waals surface area contributed by atoms with E-state index in [1.807, 2.05) is 24.1 Å². The van der Waals surface area contributed by atoms with Crippen molar-refractivity contribution < 1.29 is 4.39 Å². The first kappa shape index (κ1) is 13.6. The Kier molecular flexibility index (Phi) is 4.46. The lowest BCUT2D eigenvalue weighted by Gasteiger charge is -2.23. The summed E-state index contributed by atoms with van der Waals surface area (Å²) in [6.45, 7) is 3.15. The zero-order valence-corrected chi connectivity index (χ0v) is 11.8. The van der Waals surface area contributed by atoms with Crippen molar-refractivity contribution in [3.8, 4) is 0 Å². The molecule has 1 fully saturated rings. The highest BCUT2D eigenvalue weighted by atomic mass is 35.5. The van der Waals surface area contributed by atoms with Gasteiger partial charge in [-0.1, -0.05) is 6.07 Å². The van der Waals surface area contributed by atoms with Crippen LogP contribution in [0.25, 0.3) is 0 Å². The van der Waals surface area contributed by atoms with Crippen molar-refractivity contribution in [1.29, 1.82) is 0 Å². The van der Waals surface area contributed by atoms with Gasteiger partial charge in [0.25, 0.3) is 0 Å². The molecule has 100 valence electrons. The quantitative estimate of drug-likeness (QED) is 0.776. The molecule has 0 bridgehead atoms. The van der Waals surface area contributed by atoms with Gasteiger partial charge in [0.05, 0.1) is 5.69 Å². The number of nitrogens with zero attached hydrogens (tertiary/aromatic N) is 2. The van der Waals surface area contributed by atoms with Gasteiger partial charge >= 0.3 is 0 Å². The summed E-state index contributed by atoms with van der Waals surface area (Å²) in [6.07, 6.45) is 1.20. The van der Waals surface area contributed by atoms with Crippen LogP contribution in [0.1, 0.15) is 12.0 Å². The molecule has 0 radical (unpaired) electrons. The average molecular weight is 271 g/mol. The van der Waals surface area contributed by atoms with Crippen molar-refractivity contribution in [2.45, 2.75) is 12.3 Å². The number of hydrogen-bond acceptors (Lipinski definition) is 2. The van der Waals surface area contributed by atoms with Gasteiger partial charge in [-0.05, 0) is 43.6 Å². The van der Waals surface area contributed by atoms with Crippen molar-refractivity contribution in [3.63, 3.8) is 0 Å². The van der Waals surface area contributed by atoms with E-state index in [1.165, 1.54) is 12.5 Å². The van der Waals surface area contributed by atoms with Gasteiger partial charge < -0.3 is 9.80 Å². The number of rotatable bonds is 4. The largest absolute Gasteiger partial charge is 0.372 e. The van der Waals surface area contributed by atoms with Crippen LogP contribution >= 0.6 is 11.6 Å². The first-order valence-corrected chi connectivity index (χ1v) is 6.87. The van der Waals surface area contributed by atoms with E-state index in [1.54, 1.807) is 0 Å². The van der Waals surface area contributed by atoms with Gasteiger partial charge in [0.15, 0.2) is 0 Å². The molecule has 2 rings (SSSR count). The van der Waals surface area contributed by atoms with Crippen LogP contribution in [0.4, 0.5) is 10.1 Å². The fourth-order valence-electron chi connectivity index (χ4n) is 2.60. The van der Waals surface area contributed by atoms with Crippen molar-refractivity contribution in [3.05, 3.63) is 29.6 Å². The molecule has 1 aromatic carbocycles. The van der Waals surface area contributed by atoms with Crippen molar-refractivity contribution in [2.24, 2.45) is 5.92 Å². The second-order valence-corrected chi connectivity index (χ2v) is 5.48. The van der Waals surface area contributed by atoms with Gasteiger partial charge in [0, 0.05) is 26.0 Å². The third-order valence-electron chi connectivity index (χ3n) is 3.60. The molecule has 0 aliphatic carbocycles. The maximum absolute atomic E-state index is 13.9. The summed E-state index contributed by atoms with van der Waals surface area (Å²) in [6, 6.07) is 5.24. The Morgan fingerprint density at radius 2 is 2.28 bits per heavy atom. The first-order chi connectivity index (χ1) is 8.60. The third-order valence-corrected chi connectivity index (χ3v) is 3.91. The molecule has 1 aliphatic heterocycles. The summed E-state index contributed by atoms with van der Waals surface area (Å²) in [7, 11) is 4.09. The predicted molar refractivity (Wildman–Crippen MR) is 74.8 cm³/mol. The maximum Gasteiger partial charge on any atom is 0.146 e. The minimum atomic E-state index is -0.179. The van der Waals surface area contributed by atoms with Crippen LogP contribution in [-0.2, 0) is 5.88 Å². The molecule has 1 atom stereocenters. The second-order valence-electron chi connectivity index (χ2n) is 5.22. The predicted octanol–water partition coefficient (Wildman–Crippen LogP) is 2.95. The summed E-state index contributed by atoms with van der Waals surface area (Å²) in [4.78, 5) is 4.34. The van der Waals surface area contributed by atoms with Gasteiger partial charge in [-0.15, -0.1) is 11.6 Å². The Hall–Kier alpha value is -0.800. The van der Waals surface area contributed by atoms with Crippen LogP contribution in [-0.4, -0.2) is 38.6 Å². The molecule has 2 nitrogen and oxygen atoms in total. The Morgan fingerprint density at radius 3 is 2.83 bits per heavy atom. The van der Waals surface area contributed by atoms with Crippen LogP contribution in [0, 0.1) is 11.7 Å². The van der Waals surface area contributed by atoms with Crippen LogP contribution < -0.4 is 4.90 Å². The molecule has 0 N–H and O–H groups in total. The highest BCUT2D eigenvalue weighted by Crippen LogP contribution is 2.23. The van der Waals surface area contributed by atoms with E-state index in [4.69, 9.17) is 11.6 Å². The van der Waals surface area contributed by atoms with E-state index in [2.05, 4.69) is 11.9 Å². The van der Waals surface area contributed by atoms with E-state index >= 15 is 0 Å². The number of alkyl halides is 1. The van der Waals surface area contributed by atoms with Crippen LogP contribution in [0.3, 0.4) is 0 Å². The molecule has 1 unspecified atom stereocenters. The van der Waals surface area contributed by atoms with E-state index in [-0.39, 0.29) is 5.82 Å². The lowest BCUT2D eigenvalue weighted by molar-refractivity contribution is 0.395. The summed E-state index contributed by atoms with van der Waals surface area (Å²) in [5.74, 6) is 0.808. The topological polar surface area (TPSA) is 6.48 Å². The van der Waals surface area contributed by atoms with Crippen LogP contribution in [0.5, 0.6) is 0 Å². The molecule has 0 aromatic heterocycles. The van der Waals surface area contributed by atoms with Gasteiger partial charge in [-0.2, -0.15) is 0 Å². The molecule has 18 heavy (non-hydrogen) atoms. The van der Waals surface area contributed by atoms with Gasteiger partial charge in [0.1, 0.15) is 5.82 Å². The number of anilines is 1. The van der Waals surface area contributed by atoms with Crippen LogP contribution in [0.2, 0.25) is 0 Å². The van der Waals surface area contributed by atoms with E-state index in [9.17, 15) is 4.39 Å². The third kappa shape index (κ3) is 3.15. The van der Waals surface area contributed by atoms with Gasteiger partial charge in [-0.3, -0.25) is 0 Å². The Labute approximate surface area is 113 Å². The summed E-state index contributed by atoms with van der Waals surface area (Å²) >= 11 is 5.70. The number of benzene rings is 1. The molecule has 1 aromatic rings.